The predicted molar refractivity (Wildman–Crippen MR) is 49.9 cm³/mol. The molecule has 66 valence electrons. The van der Waals surface area contributed by atoms with Crippen molar-refractivity contribution in [2.75, 3.05) is 5.73 Å². The van der Waals surface area contributed by atoms with E-state index in [2.05, 4.69) is 0 Å². The van der Waals surface area contributed by atoms with E-state index in [1.807, 2.05) is 13.0 Å². The lowest BCUT2D eigenvalue weighted by Crippen LogP contribution is -1.98. The Hall–Kier alpha value is -0.760. The zero-order valence-corrected chi connectivity index (χ0v) is 7.87. The number of halogens is 2. The monoisotopic (exact) mass is 187 g/mol. The second-order valence-electron chi connectivity index (χ2n) is 2.75. The fourth-order valence-electron chi connectivity index (χ4n) is 1.09. The van der Waals surface area contributed by atoms with Crippen LogP contribution in [0.2, 0.25) is 5.02 Å². The molecule has 0 saturated heterocycles. The van der Waals surface area contributed by atoms with Crippen LogP contribution < -0.4 is 5.73 Å². The minimum absolute atomic E-state index is 0.150. The van der Waals surface area contributed by atoms with Crippen molar-refractivity contribution in [2.45, 2.75) is 20.3 Å². The molecule has 0 aromatic heterocycles. The highest BCUT2D eigenvalue weighted by atomic mass is 35.5. The molecule has 0 saturated carbocycles. The Kier molecular flexibility index (Phi) is 2.58. The molecule has 0 bridgehead atoms. The molecule has 3 heteroatoms. The number of anilines is 1. The first-order valence-electron chi connectivity index (χ1n) is 3.80. The van der Waals surface area contributed by atoms with Gasteiger partial charge in [0.05, 0.1) is 10.7 Å². The summed E-state index contributed by atoms with van der Waals surface area (Å²) in [6, 6.07) is 1.82. The van der Waals surface area contributed by atoms with Gasteiger partial charge in [-0.1, -0.05) is 24.6 Å². The molecule has 1 rings (SSSR count). The summed E-state index contributed by atoms with van der Waals surface area (Å²) in [4.78, 5) is 0. The third kappa shape index (κ3) is 1.39. The number of benzene rings is 1. The molecule has 1 nitrogen and oxygen atoms in total. The van der Waals surface area contributed by atoms with Crippen LogP contribution in [0.3, 0.4) is 0 Å². The van der Waals surface area contributed by atoms with Crippen LogP contribution in [0.25, 0.3) is 0 Å². The van der Waals surface area contributed by atoms with Crippen molar-refractivity contribution in [3.05, 3.63) is 28.0 Å². The average molecular weight is 188 g/mol. The van der Waals surface area contributed by atoms with Gasteiger partial charge in [-0.15, -0.1) is 0 Å². The Balaban J connectivity index is 3.39. The smallest absolute Gasteiger partial charge is 0.165 e. The van der Waals surface area contributed by atoms with Gasteiger partial charge in [0.2, 0.25) is 0 Å². The Morgan fingerprint density at radius 3 is 2.67 bits per heavy atom. The summed E-state index contributed by atoms with van der Waals surface area (Å²) in [5.74, 6) is -0.492. The van der Waals surface area contributed by atoms with Gasteiger partial charge in [-0.25, -0.2) is 4.39 Å². The number of nitrogen functional groups attached to an aromatic ring is 1. The molecule has 0 radical (unpaired) electrons. The van der Waals surface area contributed by atoms with Crippen LogP contribution >= 0.6 is 11.6 Å². The maximum atomic E-state index is 13.2. The third-order valence-corrected chi connectivity index (χ3v) is 2.32. The second kappa shape index (κ2) is 3.31. The number of aryl methyl sites for hydroxylation is 2. The Morgan fingerprint density at radius 1 is 1.58 bits per heavy atom. The summed E-state index contributed by atoms with van der Waals surface area (Å²) in [6.07, 6.45) is 0.719. The lowest BCUT2D eigenvalue weighted by atomic mass is 10.1. The number of rotatable bonds is 1. The van der Waals surface area contributed by atoms with Gasteiger partial charge in [0, 0.05) is 0 Å². The molecule has 0 amide bonds. The largest absolute Gasteiger partial charge is 0.396 e. The maximum Gasteiger partial charge on any atom is 0.165 e. The predicted octanol–water partition coefficient (Wildman–Crippen LogP) is 2.93. The zero-order chi connectivity index (χ0) is 9.30. The van der Waals surface area contributed by atoms with Gasteiger partial charge >= 0.3 is 0 Å². The molecule has 0 fully saturated rings. The van der Waals surface area contributed by atoms with Crippen molar-refractivity contribution >= 4 is 17.3 Å². The first-order valence-corrected chi connectivity index (χ1v) is 4.18. The Morgan fingerprint density at radius 2 is 2.17 bits per heavy atom. The molecule has 0 aliphatic rings. The minimum Gasteiger partial charge on any atom is -0.396 e. The molecule has 0 spiro atoms. The van der Waals surface area contributed by atoms with Crippen LogP contribution in [0.4, 0.5) is 10.1 Å². The summed E-state index contributed by atoms with van der Waals surface area (Å²) in [7, 11) is 0. The highest BCUT2D eigenvalue weighted by Crippen LogP contribution is 2.27. The van der Waals surface area contributed by atoms with E-state index in [1.54, 1.807) is 6.92 Å². The summed E-state index contributed by atoms with van der Waals surface area (Å²) in [5, 5.41) is 0.153. The summed E-state index contributed by atoms with van der Waals surface area (Å²) >= 11 is 5.72. The zero-order valence-electron chi connectivity index (χ0n) is 7.12. The van der Waals surface area contributed by atoms with E-state index in [0.29, 0.717) is 0 Å². The van der Waals surface area contributed by atoms with Gasteiger partial charge in [0.25, 0.3) is 0 Å². The molecule has 0 atom stereocenters. The maximum absolute atomic E-state index is 13.2. The topological polar surface area (TPSA) is 26.0 Å². The van der Waals surface area contributed by atoms with Crippen molar-refractivity contribution in [3.63, 3.8) is 0 Å². The molecule has 0 aliphatic carbocycles. The molecule has 0 heterocycles. The van der Waals surface area contributed by atoms with Crippen LogP contribution in [0.5, 0.6) is 0 Å². The number of nitrogens with two attached hydrogens (primary N) is 1. The van der Waals surface area contributed by atoms with Gasteiger partial charge in [0.1, 0.15) is 0 Å². The van der Waals surface area contributed by atoms with E-state index in [4.69, 9.17) is 17.3 Å². The van der Waals surface area contributed by atoms with Crippen LogP contribution in [0.15, 0.2) is 6.07 Å². The van der Waals surface area contributed by atoms with Gasteiger partial charge < -0.3 is 5.73 Å². The van der Waals surface area contributed by atoms with Crippen molar-refractivity contribution in [3.8, 4) is 0 Å². The Labute approximate surface area is 76.3 Å². The molecular formula is C9H11ClFN. The van der Waals surface area contributed by atoms with E-state index in [1.165, 1.54) is 0 Å². The van der Waals surface area contributed by atoms with Gasteiger partial charge in [-0.05, 0) is 24.5 Å². The van der Waals surface area contributed by atoms with Gasteiger partial charge in [0.15, 0.2) is 5.82 Å². The standard InChI is InChI=1S/C9H11ClFN/c1-3-6-4-5(2)9(12)8(11)7(6)10/h4H,3,12H2,1-2H3. The van der Waals surface area contributed by atoms with E-state index in [-0.39, 0.29) is 10.7 Å². The van der Waals surface area contributed by atoms with Gasteiger partial charge in [-0.3, -0.25) is 0 Å². The molecule has 12 heavy (non-hydrogen) atoms. The first-order chi connectivity index (χ1) is 5.57. The second-order valence-corrected chi connectivity index (χ2v) is 3.13. The van der Waals surface area contributed by atoms with Crippen LogP contribution in [0.1, 0.15) is 18.1 Å². The molecule has 1 aromatic rings. The lowest BCUT2D eigenvalue weighted by Gasteiger charge is -2.07. The minimum atomic E-state index is -0.492. The third-order valence-electron chi connectivity index (χ3n) is 1.91. The molecule has 0 unspecified atom stereocenters. The summed E-state index contributed by atoms with van der Waals surface area (Å²) < 4.78 is 13.2. The molecule has 0 aliphatic heterocycles. The van der Waals surface area contributed by atoms with Crippen molar-refractivity contribution in [1.29, 1.82) is 0 Å². The van der Waals surface area contributed by atoms with Gasteiger partial charge in [-0.2, -0.15) is 0 Å². The SMILES string of the molecule is CCc1cc(C)c(N)c(F)c1Cl. The lowest BCUT2D eigenvalue weighted by molar-refractivity contribution is 0.630. The number of hydrogen-bond donors (Lipinski definition) is 1. The quantitative estimate of drug-likeness (QED) is 0.673. The normalized spacial score (nSPS) is 10.3. The molecular weight excluding hydrogens is 177 g/mol. The van der Waals surface area contributed by atoms with E-state index in [9.17, 15) is 4.39 Å². The number of hydrogen-bond acceptors (Lipinski definition) is 1. The Bertz CT molecular complexity index is 310. The fourth-order valence-corrected chi connectivity index (χ4v) is 1.38. The van der Waals surface area contributed by atoms with Crippen molar-refractivity contribution in [2.24, 2.45) is 0 Å². The molecule has 1 aromatic carbocycles. The average Bonchev–Trinajstić information content (AvgIpc) is 2.08. The van der Waals surface area contributed by atoms with E-state index in [0.717, 1.165) is 17.5 Å². The highest BCUT2D eigenvalue weighted by molar-refractivity contribution is 6.31. The highest BCUT2D eigenvalue weighted by Gasteiger charge is 2.10. The fraction of sp³-hybridized carbons (Fsp3) is 0.333. The van der Waals surface area contributed by atoms with Crippen LogP contribution in [-0.2, 0) is 6.42 Å². The summed E-state index contributed by atoms with van der Waals surface area (Å²) in [6.45, 7) is 3.70. The first kappa shape index (κ1) is 9.33. The van der Waals surface area contributed by atoms with E-state index < -0.39 is 5.82 Å². The van der Waals surface area contributed by atoms with Crippen LogP contribution in [-0.4, -0.2) is 0 Å². The van der Waals surface area contributed by atoms with Crippen molar-refractivity contribution in [1.82, 2.24) is 0 Å². The summed E-state index contributed by atoms with van der Waals surface area (Å²) in [5.41, 5.74) is 7.15. The van der Waals surface area contributed by atoms with Crippen LogP contribution in [0, 0.1) is 12.7 Å². The molecule has 2 N–H and O–H groups in total. The van der Waals surface area contributed by atoms with Crippen molar-refractivity contribution < 1.29 is 4.39 Å². The van der Waals surface area contributed by atoms with E-state index >= 15 is 0 Å².